The molecular formula is C4H7NOS6. The molecule has 0 unspecified atom stereocenters. The molecule has 8 heteroatoms. The number of nitrogens with one attached hydrogen (secondary N) is 1. The first-order chi connectivity index (χ1) is 5.91. The molecule has 0 saturated carbocycles. The largest absolute Gasteiger partial charge is 0.258 e. The minimum absolute atomic E-state index is 0.917. The lowest BCUT2D eigenvalue weighted by Crippen LogP contribution is -1.30. The van der Waals surface area contributed by atoms with E-state index in [4.69, 9.17) is 8.99 Å². The molecule has 0 bridgehead atoms. The van der Waals surface area contributed by atoms with Gasteiger partial charge in [-0.1, -0.05) is 32.8 Å². The van der Waals surface area contributed by atoms with Gasteiger partial charge in [0.2, 0.25) is 0 Å². The molecular weight excluding hydrogens is 270 g/mol. The van der Waals surface area contributed by atoms with Crippen molar-refractivity contribution < 1.29 is 4.21 Å². The standard InChI is InChI=1S/C4H4S5.H3NOS/c1-2-4-6-8-9-7-5-3-1;1-3-2/h1-4H;1H,3H2. The van der Waals surface area contributed by atoms with Crippen LogP contribution < -0.4 is 0 Å². The summed E-state index contributed by atoms with van der Waals surface area (Å²) in [6, 6.07) is 4.11. The highest BCUT2D eigenvalue weighted by atomic mass is 33.5. The fourth-order valence-electron chi connectivity index (χ4n) is 0.244. The van der Waals surface area contributed by atoms with Gasteiger partial charge in [0, 0.05) is 22.2 Å². The maximum absolute atomic E-state index is 8.62. The minimum Gasteiger partial charge on any atom is -0.258 e. The van der Waals surface area contributed by atoms with Crippen molar-refractivity contribution in [2.75, 3.05) is 0 Å². The molecule has 0 aliphatic carbocycles. The van der Waals surface area contributed by atoms with Gasteiger partial charge in [0.05, 0.1) is 0 Å². The summed E-state index contributed by atoms with van der Waals surface area (Å²) in [5.41, 5.74) is 0. The Balaban J connectivity index is 0.000000354. The quantitative estimate of drug-likeness (QED) is 0.722. The van der Waals surface area contributed by atoms with E-state index < -0.39 is 11.5 Å². The second kappa shape index (κ2) is 11.5. The predicted octanol–water partition coefficient (Wildman–Crippen LogP) is 3.67. The van der Waals surface area contributed by atoms with Gasteiger partial charge in [-0.25, -0.2) is 0 Å². The zero-order valence-electron chi connectivity index (χ0n) is 5.76. The summed E-state index contributed by atoms with van der Waals surface area (Å²) in [6.07, 6.45) is 0. The molecule has 1 heterocycles. The van der Waals surface area contributed by atoms with Crippen LogP contribution in [0.15, 0.2) is 22.9 Å². The van der Waals surface area contributed by atoms with E-state index in [1.807, 2.05) is 0 Å². The first-order valence-corrected chi connectivity index (χ1v) is 9.78. The molecule has 12 heavy (non-hydrogen) atoms. The molecule has 1 N–H and O–H groups in total. The molecule has 2 nitrogen and oxygen atoms in total. The van der Waals surface area contributed by atoms with Crippen LogP contribution in [-0.4, -0.2) is 4.21 Å². The van der Waals surface area contributed by atoms with Gasteiger partial charge in [0.25, 0.3) is 0 Å². The Morgan fingerprint density at radius 2 is 1.42 bits per heavy atom. The Morgan fingerprint density at radius 3 is 1.83 bits per heavy atom. The molecule has 0 amide bonds. The van der Waals surface area contributed by atoms with E-state index in [0.717, 1.165) is 0 Å². The van der Waals surface area contributed by atoms with E-state index in [9.17, 15) is 0 Å². The fraction of sp³-hybridized carbons (Fsp3) is 0. The van der Waals surface area contributed by atoms with Gasteiger partial charge in [-0.3, -0.25) is 8.99 Å². The van der Waals surface area contributed by atoms with Crippen LogP contribution in [0.1, 0.15) is 0 Å². The van der Waals surface area contributed by atoms with Crippen molar-refractivity contribution in [2.24, 2.45) is 0 Å². The lowest BCUT2D eigenvalue weighted by atomic mass is 10.7. The maximum atomic E-state index is 8.62. The minimum atomic E-state index is -0.917. The Morgan fingerprint density at radius 1 is 1.00 bits per heavy atom. The number of rotatable bonds is 0. The average molecular weight is 278 g/mol. The average Bonchev–Trinajstić information content (AvgIpc) is 2.19. The van der Waals surface area contributed by atoms with E-state index in [1.165, 1.54) is 0 Å². The van der Waals surface area contributed by atoms with Crippen LogP contribution in [0, 0.1) is 4.78 Å². The van der Waals surface area contributed by atoms with Crippen LogP contribution in [0.2, 0.25) is 0 Å². The van der Waals surface area contributed by atoms with Crippen LogP contribution in [0.3, 0.4) is 0 Å². The van der Waals surface area contributed by atoms with Crippen molar-refractivity contribution in [1.29, 1.82) is 4.78 Å². The third-order valence-corrected chi connectivity index (χ3v) is 8.20. The van der Waals surface area contributed by atoms with Crippen molar-refractivity contribution >= 4 is 60.2 Å². The zero-order valence-corrected chi connectivity index (χ0v) is 10.8. The summed E-state index contributed by atoms with van der Waals surface area (Å²) in [4.78, 5) is 0. The third kappa shape index (κ3) is 10.5. The van der Waals surface area contributed by atoms with E-state index in [-0.39, 0.29) is 0 Å². The summed E-state index contributed by atoms with van der Waals surface area (Å²) in [5.74, 6) is 0. The smallest absolute Gasteiger partial charge is 0.0218 e. The van der Waals surface area contributed by atoms with Crippen LogP contribution in [0.25, 0.3) is 0 Å². The molecule has 0 saturated heterocycles. The molecule has 0 aliphatic rings. The second-order valence-electron chi connectivity index (χ2n) is 1.16. The van der Waals surface area contributed by atoms with Crippen LogP contribution in [-0.2, 0) is 11.5 Å². The summed E-state index contributed by atoms with van der Waals surface area (Å²) in [5, 5.41) is 4.17. The Bertz CT molecular complexity index is 205. The third-order valence-electron chi connectivity index (χ3n) is 0.513. The molecule has 0 spiro atoms. The summed E-state index contributed by atoms with van der Waals surface area (Å²) in [7, 11) is 8.89. The van der Waals surface area contributed by atoms with Crippen molar-refractivity contribution in [1.82, 2.24) is 0 Å². The molecule has 1 rings (SSSR count). The highest BCUT2D eigenvalue weighted by Gasteiger charge is 1.61. The van der Waals surface area contributed by atoms with Crippen molar-refractivity contribution in [3.05, 3.63) is 22.9 Å². The predicted molar refractivity (Wildman–Crippen MR) is 64.7 cm³/mol. The first kappa shape index (κ1) is 12.5. The van der Waals surface area contributed by atoms with E-state index in [0.29, 0.717) is 0 Å². The molecule has 0 atom stereocenters. The highest BCUT2D eigenvalue weighted by Crippen LogP contribution is 2.15. The summed E-state index contributed by atoms with van der Waals surface area (Å²) < 4.78 is 14.3. The fourth-order valence-corrected chi connectivity index (χ4v) is 7.43. The molecule has 0 aliphatic heterocycles. The molecule has 1 aromatic heterocycles. The molecule has 70 valence electrons. The lowest BCUT2D eigenvalue weighted by Gasteiger charge is -1.57. The van der Waals surface area contributed by atoms with Gasteiger partial charge in [-0.2, -0.15) is 0 Å². The van der Waals surface area contributed by atoms with E-state index in [2.05, 4.69) is 22.9 Å². The van der Waals surface area contributed by atoms with Crippen LogP contribution in [0.4, 0.5) is 0 Å². The number of hydrogen-bond acceptors (Lipinski definition) is 7. The van der Waals surface area contributed by atoms with Gasteiger partial charge in [-0.05, 0) is 28.0 Å². The van der Waals surface area contributed by atoms with Crippen LogP contribution in [0.5, 0.6) is 0 Å². The molecule has 0 radical (unpaired) electrons. The van der Waals surface area contributed by atoms with Crippen molar-refractivity contribution in [2.45, 2.75) is 0 Å². The Hall–Kier alpha value is 0.530. The van der Waals surface area contributed by atoms with Gasteiger partial charge >= 0.3 is 0 Å². The zero-order chi connectivity index (χ0) is 9.07. The monoisotopic (exact) mass is 277 g/mol. The summed E-state index contributed by atoms with van der Waals surface area (Å²) >= 11 is -0.917. The van der Waals surface area contributed by atoms with Gasteiger partial charge < -0.3 is 0 Å². The van der Waals surface area contributed by atoms with Crippen molar-refractivity contribution in [3.63, 3.8) is 0 Å². The van der Waals surface area contributed by atoms with E-state index in [1.54, 1.807) is 48.7 Å². The summed E-state index contributed by atoms with van der Waals surface area (Å²) in [6.45, 7) is 0. The van der Waals surface area contributed by atoms with Gasteiger partial charge in [-0.15, -0.1) is 0 Å². The Kier molecular flexibility index (Phi) is 12.0. The topological polar surface area (TPSA) is 40.9 Å². The number of hydrogen-bond donors (Lipinski definition) is 1. The SMILES string of the molecule is N=[SH2]=O.c1ccsssssc1. The second-order valence-corrected chi connectivity index (χ2v) is 8.75. The van der Waals surface area contributed by atoms with Crippen LogP contribution >= 0.6 is 48.7 Å². The highest BCUT2D eigenvalue weighted by molar-refractivity contribution is 8.13. The maximum Gasteiger partial charge on any atom is 0.0218 e. The van der Waals surface area contributed by atoms with Crippen molar-refractivity contribution in [3.8, 4) is 0 Å². The molecule has 0 fully saturated rings. The van der Waals surface area contributed by atoms with Gasteiger partial charge in [0.15, 0.2) is 0 Å². The normalized spacial score (nSPS) is 8.33. The Labute approximate surface area is 91.4 Å². The van der Waals surface area contributed by atoms with Gasteiger partial charge in [0.1, 0.15) is 0 Å². The lowest BCUT2D eigenvalue weighted by molar-refractivity contribution is 0.697. The van der Waals surface area contributed by atoms with E-state index >= 15 is 0 Å². The molecule has 0 aromatic carbocycles. The molecule has 1 aromatic rings. The first-order valence-electron chi connectivity index (χ1n) is 2.59.